The van der Waals surface area contributed by atoms with E-state index in [9.17, 15) is 8.42 Å². The van der Waals surface area contributed by atoms with Crippen LogP contribution in [-0.2, 0) is 10.0 Å². The van der Waals surface area contributed by atoms with Crippen molar-refractivity contribution in [1.29, 1.82) is 0 Å². The van der Waals surface area contributed by atoms with E-state index >= 15 is 0 Å². The van der Waals surface area contributed by atoms with Crippen LogP contribution in [0.5, 0.6) is 0 Å². The number of anilines is 1. The predicted molar refractivity (Wildman–Crippen MR) is 54.7 cm³/mol. The number of hydrogen-bond acceptors (Lipinski definition) is 2. The Morgan fingerprint density at radius 2 is 2.00 bits per heavy atom. The van der Waals surface area contributed by atoms with Crippen molar-refractivity contribution in [1.82, 2.24) is 0 Å². The molecule has 0 aliphatic carbocycles. The molecule has 13 heavy (non-hydrogen) atoms. The number of halogens is 1. The number of hydrogen-bond donors (Lipinski definition) is 1. The fourth-order valence-electron chi connectivity index (χ4n) is 0.904. The lowest BCUT2D eigenvalue weighted by atomic mass is 10.2. The smallest absolute Gasteiger partial charge is 0.229 e. The second-order valence-corrected chi connectivity index (χ2v) is 5.02. The van der Waals surface area contributed by atoms with Gasteiger partial charge in [0.1, 0.15) is 0 Å². The van der Waals surface area contributed by atoms with Crippen LogP contribution in [0, 0.1) is 6.92 Å². The van der Waals surface area contributed by atoms with Crippen molar-refractivity contribution in [3.05, 3.63) is 28.8 Å². The molecule has 0 atom stereocenters. The molecule has 0 radical (unpaired) electrons. The van der Waals surface area contributed by atoms with E-state index in [2.05, 4.69) is 4.72 Å². The Labute approximate surface area is 82.8 Å². The van der Waals surface area contributed by atoms with Crippen LogP contribution in [0.25, 0.3) is 0 Å². The van der Waals surface area contributed by atoms with Gasteiger partial charge < -0.3 is 0 Å². The lowest BCUT2D eigenvalue weighted by molar-refractivity contribution is 0.607. The maximum atomic E-state index is 10.9. The van der Waals surface area contributed by atoms with Crippen molar-refractivity contribution >= 4 is 27.3 Å². The molecule has 0 fully saturated rings. The third-order valence-electron chi connectivity index (χ3n) is 1.49. The Morgan fingerprint density at radius 1 is 1.38 bits per heavy atom. The maximum absolute atomic E-state index is 10.9. The Hall–Kier alpha value is -0.740. The van der Waals surface area contributed by atoms with Gasteiger partial charge in [-0.25, -0.2) is 8.42 Å². The molecule has 1 aromatic rings. The first-order valence-corrected chi connectivity index (χ1v) is 5.89. The topological polar surface area (TPSA) is 46.2 Å². The van der Waals surface area contributed by atoms with Crippen molar-refractivity contribution in [3.8, 4) is 0 Å². The Balaban J connectivity index is 3.08. The van der Waals surface area contributed by atoms with E-state index in [4.69, 9.17) is 11.6 Å². The van der Waals surface area contributed by atoms with Crippen molar-refractivity contribution in [2.75, 3.05) is 11.0 Å². The SMILES string of the molecule is Cc1ccc(Cl)cc1NS(C)(=O)=O. The minimum absolute atomic E-state index is 0.511. The molecule has 1 aromatic carbocycles. The molecule has 1 rings (SSSR count). The quantitative estimate of drug-likeness (QED) is 0.827. The third-order valence-corrected chi connectivity index (χ3v) is 2.32. The molecule has 0 unspecified atom stereocenters. The normalized spacial score (nSPS) is 11.3. The summed E-state index contributed by atoms with van der Waals surface area (Å²) in [4.78, 5) is 0. The van der Waals surface area contributed by atoms with Crippen LogP contribution in [0.15, 0.2) is 18.2 Å². The molecule has 0 bridgehead atoms. The van der Waals surface area contributed by atoms with E-state index in [1.807, 2.05) is 6.92 Å². The van der Waals surface area contributed by atoms with Crippen molar-refractivity contribution in [2.24, 2.45) is 0 Å². The van der Waals surface area contributed by atoms with Crippen LogP contribution < -0.4 is 4.72 Å². The molecule has 0 saturated carbocycles. The second kappa shape index (κ2) is 3.55. The van der Waals surface area contributed by atoms with Crippen LogP contribution >= 0.6 is 11.6 Å². The third kappa shape index (κ3) is 3.24. The van der Waals surface area contributed by atoms with Gasteiger partial charge in [-0.2, -0.15) is 0 Å². The van der Waals surface area contributed by atoms with E-state index in [0.29, 0.717) is 10.7 Å². The predicted octanol–water partition coefficient (Wildman–Crippen LogP) is 2.02. The molecule has 0 amide bonds. The van der Waals surface area contributed by atoms with Gasteiger partial charge in [0.05, 0.1) is 11.9 Å². The zero-order valence-electron chi connectivity index (χ0n) is 7.33. The molecule has 1 N–H and O–H groups in total. The van der Waals surface area contributed by atoms with E-state index in [1.165, 1.54) is 0 Å². The number of benzene rings is 1. The summed E-state index contributed by atoms with van der Waals surface area (Å²) in [5.41, 5.74) is 1.37. The molecule has 0 spiro atoms. The summed E-state index contributed by atoms with van der Waals surface area (Å²) in [6.07, 6.45) is 1.10. The fraction of sp³-hybridized carbons (Fsp3) is 0.250. The van der Waals surface area contributed by atoms with Gasteiger partial charge in [-0.3, -0.25) is 4.72 Å². The summed E-state index contributed by atoms with van der Waals surface area (Å²) in [5, 5.41) is 0.511. The largest absolute Gasteiger partial charge is 0.283 e. The second-order valence-electron chi connectivity index (χ2n) is 2.83. The van der Waals surface area contributed by atoms with E-state index in [1.54, 1.807) is 18.2 Å². The van der Waals surface area contributed by atoms with Crippen molar-refractivity contribution in [3.63, 3.8) is 0 Å². The minimum atomic E-state index is -3.23. The summed E-state index contributed by atoms with van der Waals surface area (Å²) in [6.45, 7) is 1.81. The molecule has 0 saturated heterocycles. The molecule has 0 heterocycles. The first-order valence-electron chi connectivity index (χ1n) is 3.62. The molecule has 0 aromatic heterocycles. The van der Waals surface area contributed by atoms with Crippen LogP contribution in [0.4, 0.5) is 5.69 Å². The van der Waals surface area contributed by atoms with Gasteiger partial charge in [-0.1, -0.05) is 17.7 Å². The fourth-order valence-corrected chi connectivity index (χ4v) is 1.70. The van der Waals surface area contributed by atoms with Crippen molar-refractivity contribution < 1.29 is 8.42 Å². The molecule has 3 nitrogen and oxygen atoms in total. The van der Waals surface area contributed by atoms with Crippen LogP contribution in [-0.4, -0.2) is 14.7 Å². The van der Waals surface area contributed by atoms with Crippen LogP contribution in [0.3, 0.4) is 0 Å². The van der Waals surface area contributed by atoms with Crippen LogP contribution in [0.2, 0.25) is 5.02 Å². The zero-order valence-corrected chi connectivity index (χ0v) is 8.91. The molecule has 5 heteroatoms. The standard InChI is InChI=1S/C8H10ClNO2S/c1-6-3-4-7(9)5-8(6)10-13(2,11)12/h3-5,10H,1-2H3. The highest BCUT2D eigenvalue weighted by Gasteiger charge is 2.04. The number of nitrogens with one attached hydrogen (secondary N) is 1. The lowest BCUT2D eigenvalue weighted by Gasteiger charge is -2.07. The van der Waals surface area contributed by atoms with Crippen molar-refractivity contribution in [2.45, 2.75) is 6.92 Å². The summed E-state index contributed by atoms with van der Waals surface area (Å²) in [5.74, 6) is 0. The summed E-state index contributed by atoms with van der Waals surface area (Å²) in [7, 11) is -3.23. The van der Waals surface area contributed by atoms with Gasteiger partial charge in [0.2, 0.25) is 10.0 Å². The molecular weight excluding hydrogens is 210 g/mol. The molecule has 0 aliphatic heterocycles. The highest BCUT2D eigenvalue weighted by Crippen LogP contribution is 2.20. The Bertz CT molecular complexity index is 414. The number of rotatable bonds is 2. The summed E-state index contributed by atoms with van der Waals surface area (Å²) in [6, 6.07) is 5.05. The van der Waals surface area contributed by atoms with E-state index in [-0.39, 0.29) is 0 Å². The monoisotopic (exact) mass is 219 g/mol. The number of sulfonamides is 1. The van der Waals surface area contributed by atoms with Gasteiger partial charge in [0.25, 0.3) is 0 Å². The van der Waals surface area contributed by atoms with E-state index < -0.39 is 10.0 Å². The maximum Gasteiger partial charge on any atom is 0.229 e. The van der Waals surface area contributed by atoms with Gasteiger partial charge in [-0.15, -0.1) is 0 Å². The van der Waals surface area contributed by atoms with Gasteiger partial charge in [-0.05, 0) is 24.6 Å². The van der Waals surface area contributed by atoms with Gasteiger partial charge >= 0.3 is 0 Å². The zero-order chi connectivity index (χ0) is 10.1. The highest BCUT2D eigenvalue weighted by atomic mass is 35.5. The molecule has 0 aliphatic rings. The van der Waals surface area contributed by atoms with Gasteiger partial charge in [0, 0.05) is 5.02 Å². The summed E-state index contributed by atoms with van der Waals surface area (Å²) < 4.78 is 24.2. The Kier molecular flexibility index (Phi) is 2.83. The average Bonchev–Trinajstić information content (AvgIpc) is 1.94. The Morgan fingerprint density at radius 3 is 2.54 bits per heavy atom. The first-order chi connectivity index (χ1) is 5.88. The first kappa shape index (κ1) is 10.3. The highest BCUT2D eigenvalue weighted by molar-refractivity contribution is 7.92. The van der Waals surface area contributed by atoms with E-state index in [0.717, 1.165) is 11.8 Å². The van der Waals surface area contributed by atoms with Crippen LogP contribution in [0.1, 0.15) is 5.56 Å². The number of aryl methyl sites for hydroxylation is 1. The minimum Gasteiger partial charge on any atom is -0.283 e. The van der Waals surface area contributed by atoms with Gasteiger partial charge in [0.15, 0.2) is 0 Å². The molecular formula is C8H10ClNO2S. The lowest BCUT2D eigenvalue weighted by Crippen LogP contribution is -2.10. The average molecular weight is 220 g/mol. The molecule has 72 valence electrons. The summed E-state index contributed by atoms with van der Waals surface area (Å²) >= 11 is 5.71.